The van der Waals surface area contributed by atoms with Crippen LogP contribution in [0.4, 0.5) is 0 Å². The molecule has 0 bridgehead atoms. The van der Waals surface area contributed by atoms with E-state index in [1.54, 1.807) is 0 Å². The molecule has 0 aliphatic heterocycles. The highest BCUT2D eigenvalue weighted by molar-refractivity contribution is 6.30. The van der Waals surface area contributed by atoms with Crippen LogP contribution in [0.5, 0.6) is 17.5 Å². The lowest BCUT2D eigenvalue weighted by molar-refractivity contribution is -0.143. The highest BCUT2D eigenvalue weighted by Gasteiger charge is 2.32. The fourth-order valence-electron chi connectivity index (χ4n) is 6.47. The number of carbonyl (C=O) groups is 1. The molecule has 1 fully saturated rings. The summed E-state index contributed by atoms with van der Waals surface area (Å²) in [5, 5.41) is 30.0. The highest BCUT2D eigenvalue weighted by atomic mass is 35.5. The van der Waals surface area contributed by atoms with Gasteiger partial charge in [-0.15, -0.1) is 0 Å². The molecule has 7 nitrogen and oxygen atoms in total. The Labute approximate surface area is 241 Å². The van der Waals surface area contributed by atoms with Gasteiger partial charge in [0, 0.05) is 36.3 Å². The minimum absolute atomic E-state index is 0.0134. The fraction of sp³-hybridized carbons (Fsp3) is 0.469. The molecule has 0 spiro atoms. The average Bonchev–Trinajstić information content (AvgIpc) is 3.51. The van der Waals surface area contributed by atoms with Gasteiger partial charge in [0.1, 0.15) is 12.4 Å². The van der Waals surface area contributed by atoms with Crippen molar-refractivity contribution in [2.24, 2.45) is 11.8 Å². The summed E-state index contributed by atoms with van der Waals surface area (Å²) >= 11 is 6.30. The number of aliphatic carboxylic acids is 1. The summed E-state index contributed by atoms with van der Waals surface area (Å²) in [5.41, 5.74) is 5.04. The van der Waals surface area contributed by atoms with E-state index in [2.05, 4.69) is 36.1 Å². The van der Waals surface area contributed by atoms with Gasteiger partial charge in [0.2, 0.25) is 0 Å². The summed E-state index contributed by atoms with van der Waals surface area (Å²) in [7, 11) is 0. The summed E-state index contributed by atoms with van der Waals surface area (Å²) in [6, 6.07) is 15.9. The van der Waals surface area contributed by atoms with Crippen LogP contribution in [0.15, 0.2) is 48.5 Å². The van der Waals surface area contributed by atoms with E-state index in [1.165, 1.54) is 33.4 Å². The lowest BCUT2D eigenvalue weighted by Gasteiger charge is -2.35. The lowest BCUT2D eigenvalue weighted by atomic mass is 9.81. The van der Waals surface area contributed by atoms with Gasteiger partial charge in [-0.2, -0.15) is 0 Å². The van der Waals surface area contributed by atoms with E-state index in [0.29, 0.717) is 25.1 Å². The number of aryl methyl sites for hydroxylation is 2. The van der Waals surface area contributed by atoms with Gasteiger partial charge >= 0.3 is 5.97 Å². The Bertz CT molecular complexity index is 1310. The van der Waals surface area contributed by atoms with E-state index in [0.717, 1.165) is 74.4 Å². The molecule has 1 saturated carbocycles. The predicted molar refractivity (Wildman–Crippen MR) is 155 cm³/mol. The van der Waals surface area contributed by atoms with Gasteiger partial charge in [0.15, 0.2) is 11.8 Å². The zero-order valence-electron chi connectivity index (χ0n) is 23.1. The number of aromatic hydroxyl groups is 2. The highest BCUT2D eigenvalue weighted by Crippen LogP contribution is 2.40. The number of hydrogen-bond acceptors (Lipinski definition) is 5. The van der Waals surface area contributed by atoms with Crippen LogP contribution in [0.3, 0.4) is 0 Å². The Hall–Kier alpha value is -3.16. The number of carboxylic acids is 1. The molecule has 2 aliphatic rings. The van der Waals surface area contributed by atoms with Crippen LogP contribution in [0, 0.1) is 11.8 Å². The molecule has 5 rings (SSSR count). The lowest BCUT2D eigenvalue weighted by Crippen LogP contribution is -2.34. The van der Waals surface area contributed by atoms with Crippen molar-refractivity contribution >= 4 is 17.6 Å². The second kappa shape index (κ2) is 12.6. The summed E-state index contributed by atoms with van der Waals surface area (Å²) in [5.74, 6) is 0.467. The molecule has 1 aromatic heterocycles. The molecule has 3 aromatic rings. The Morgan fingerprint density at radius 2 is 1.77 bits per heavy atom. The van der Waals surface area contributed by atoms with Gasteiger partial charge in [0.05, 0.1) is 12.5 Å². The van der Waals surface area contributed by atoms with Gasteiger partial charge in [-0.25, -0.2) is 0 Å². The number of halogens is 1. The maximum Gasteiger partial charge on any atom is 0.306 e. The summed E-state index contributed by atoms with van der Waals surface area (Å²) < 4.78 is 7.47. The van der Waals surface area contributed by atoms with Gasteiger partial charge in [-0.3, -0.25) is 14.3 Å². The van der Waals surface area contributed by atoms with E-state index in [-0.39, 0.29) is 17.7 Å². The molecule has 2 aromatic carbocycles. The van der Waals surface area contributed by atoms with E-state index >= 15 is 0 Å². The molecular formula is C32H39ClN2O5. The molecule has 8 heteroatoms. The van der Waals surface area contributed by atoms with Crippen molar-refractivity contribution in [1.82, 2.24) is 9.47 Å². The van der Waals surface area contributed by atoms with E-state index in [9.17, 15) is 20.1 Å². The second-order valence-corrected chi connectivity index (χ2v) is 11.7. The van der Waals surface area contributed by atoms with Gasteiger partial charge < -0.3 is 20.1 Å². The first-order valence-corrected chi connectivity index (χ1v) is 14.8. The number of nitrogens with zero attached hydrogens (tertiary/aromatic N) is 2. The van der Waals surface area contributed by atoms with Crippen LogP contribution in [0.25, 0.3) is 0 Å². The van der Waals surface area contributed by atoms with Gasteiger partial charge in [-0.1, -0.05) is 36.7 Å². The van der Waals surface area contributed by atoms with Crippen LogP contribution in [0.1, 0.15) is 67.3 Å². The van der Waals surface area contributed by atoms with Crippen LogP contribution >= 0.6 is 11.6 Å². The zero-order chi connectivity index (χ0) is 28.2. The third-order valence-electron chi connectivity index (χ3n) is 8.68. The molecule has 0 amide bonds. The number of rotatable bonds is 11. The van der Waals surface area contributed by atoms with Crippen molar-refractivity contribution in [3.05, 3.63) is 75.8 Å². The standard InChI is InChI=1S/C32H39ClN2O5/c1-2-23-17-22(5-12-29(23)40-16-15-35-30(36)13-14-31(35)37)20-34(19-21-3-6-24(7-4-21)32(38)39)28-11-8-25-18-26(33)9-10-27(25)28/h5,9-10,12-14,17-18,21,24,28,36-37H,2-4,6-8,11,15-16,19-20H2,1H3,(H,38,39). The molecule has 1 atom stereocenters. The molecule has 214 valence electrons. The SMILES string of the molecule is CCc1cc(CN(CC2CCC(C(=O)O)CC2)C2CCc3cc(Cl)ccc32)ccc1OCCn1c(O)ccc1O. The van der Waals surface area contributed by atoms with E-state index < -0.39 is 5.97 Å². The van der Waals surface area contributed by atoms with Crippen molar-refractivity contribution in [2.75, 3.05) is 13.2 Å². The summed E-state index contributed by atoms with van der Waals surface area (Å²) in [4.78, 5) is 14.1. The van der Waals surface area contributed by atoms with Crippen LogP contribution < -0.4 is 4.74 Å². The van der Waals surface area contributed by atoms with Gasteiger partial charge in [-0.05, 0) is 91.3 Å². The molecule has 2 aliphatic carbocycles. The van der Waals surface area contributed by atoms with Crippen molar-refractivity contribution in [1.29, 1.82) is 0 Å². The van der Waals surface area contributed by atoms with Gasteiger partial charge in [0.25, 0.3) is 0 Å². The third kappa shape index (κ3) is 6.42. The maximum absolute atomic E-state index is 11.5. The summed E-state index contributed by atoms with van der Waals surface area (Å²) in [6.07, 6.45) is 6.32. The Balaban J connectivity index is 1.31. The topological polar surface area (TPSA) is 95.2 Å². The molecule has 1 heterocycles. The number of aromatic nitrogens is 1. The third-order valence-corrected chi connectivity index (χ3v) is 8.91. The fourth-order valence-corrected chi connectivity index (χ4v) is 6.67. The van der Waals surface area contributed by atoms with E-state index in [1.807, 2.05) is 12.1 Å². The normalized spacial score (nSPS) is 20.5. The number of benzene rings is 2. The number of ether oxygens (including phenoxy) is 1. The predicted octanol–water partition coefficient (Wildman–Crippen LogP) is 6.57. The Kier molecular flexibility index (Phi) is 8.91. The molecule has 0 saturated heterocycles. The van der Waals surface area contributed by atoms with Crippen molar-refractivity contribution < 1.29 is 24.9 Å². The molecule has 1 unspecified atom stereocenters. The minimum atomic E-state index is -0.659. The quantitative estimate of drug-likeness (QED) is 0.243. The zero-order valence-corrected chi connectivity index (χ0v) is 23.8. The Morgan fingerprint density at radius 3 is 2.48 bits per heavy atom. The first-order chi connectivity index (χ1) is 19.3. The first-order valence-electron chi connectivity index (χ1n) is 14.4. The summed E-state index contributed by atoms with van der Waals surface area (Å²) in [6.45, 7) is 4.55. The average molecular weight is 567 g/mol. The van der Waals surface area contributed by atoms with Crippen molar-refractivity contribution in [2.45, 2.75) is 71.0 Å². The Morgan fingerprint density at radius 1 is 1.02 bits per heavy atom. The molecule has 0 radical (unpaired) electrons. The molecular weight excluding hydrogens is 528 g/mol. The largest absolute Gasteiger partial charge is 0.494 e. The van der Waals surface area contributed by atoms with Crippen molar-refractivity contribution in [3.63, 3.8) is 0 Å². The number of carboxylic acid groups (broad SMARTS) is 1. The monoisotopic (exact) mass is 566 g/mol. The van der Waals surface area contributed by atoms with Crippen LogP contribution in [-0.4, -0.2) is 43.9 Å². The number of fused-ring (bicyclic) bond motifs is 1. The van der Waals surface area contributed by atoms with Crippen LogP contribution in [0.2, 0.25) is 5.02 Å². The molecule has 40 heavy (non-hydrogen) atoms. The molecule has 3 N–H and O–H groups in total. The second-order valence-electron chi connectivity index (χ2n) is 11.2. The maximum atomic E-state index is 11.5. The van der Waals surface area contributed by atoms with Crippen molar-refractivity contribution in [3.8, 4) is 17.5 Å². The smallest absolute Gasteiger partial charge is 0.306 e. The van der Waals surface area contributed by atoms with E-state index in [4.69, 9.17) is 16.3 Å². The first kappa shape index (κ1) is 28.4. The van der Waals surface area contributed by atoms with Crippen LogP contribution in [-0.2, 0) is 30.7 Å². The number of hydrogen-bond donors (Lipinski definition) is 3. The minimum Gasteiger partial charge on any atom is -0.494 e.